The molecule has 0 unspecified atom stereocenters. The number of hydrogen-bond acceptors (Lipinski definition) is 4. The maximum Gasteiger partial charge on any atom is 0.332 e. The van der Waals surface area contributed by atoms with Gasteiger partial charge in [-0.25, -0.2) is 4.79 Å². The van der Waals surface area contributed by atoms with Crippen LogP contribution in [0.2, 0.25) is 0 Å². The first-order chi connectivity index (χ1) is 13.8. The summed E-state index contributed by atoms with van der Waals surface area (Å²) in [6.45, 7) is 3.57. The van der Waals surface area contributed by atoms with E-state index in [1.54, 1.807) is 24.3 Å². The number of para-hydroxylation sites is 1. The third-order valence-corrected chi connectivity index (χ3v) is 5.08. The third kappa shape index (κ3) is 4.08. The minimum absolute atomic E-state index is 0.175. The topological polar surface area (TPSA) is 76.3 Å². The molecule has 1 N–H and O–H groups in total. The Morgan fingerprint density at radius 2 is 1.72 bits per heavy atom. The second-order valence-corrected chi connectivity index (χ2v) is 7.31. The van der Waals surface area contributed by atoms with Crippen molar-refractivity contribution >= 4 is 28.2 Å². The standard InChI is InChI=1S/C22H26N4O3/c1-5-15(2)26-21(28)18-8-6-7-9-19(18)25(22(26)29)14-20(27)23-16-10-12-17(13-11-16)24(3)4/h6-13,15H,5,14H2,1-4H3,(H,23,27)/t15-/m1/s1. The van der Waals surface area contributed by atoms with Gasteiger partial charge in [-0.1, -0.05) is 19.1 Å². The Hall–Kier alpha value is -3.35. The molecule has 1 amide bonds. The monoisotopic (exact) mass is 394 g/mol. The van der Waals surface area contributed by atoms with Gasteiger partial charge in [0, 0.05) is 31.5 Å². The summed E-state index contributed by atoms with van der Waals surface area (Å²) in [6, 6.07) is 14.1. The SMILES string of the molecule is CC[C@@H](C)n1c(=O)c2ccccc2n(CC(=O)Nc2ccc(N(C)C)cc2)c1=O. The zero-order chi connectivity index (χ0) is 21.1. The predicted molar refractivity (Wildman–Crippen MR) is 117 cm³/mol. The number of aromatic nitrogens is 2. The van der Waals surface area contributed by atoms with Gasteiger partial charge < -0.3 is 10.2 Å². The molecule has 0 aliphatic carbocycles. The van der Waals surface area contributed by atoms with E-state index in [-0.39, 0.29) is 24.1 Å². The third-order valence-electron chi connectivity index (χ3n) is 5.08. The molecule has 1 aromatic heterocycles. The number of benzene rings is 2. The highest BCUT2D eigenvalue weighted by atomic mass is 16.2. The minimum Gasteiger partial charge on any atom is -0.378 e. The Morgan fingerprint density at radius 3 is 2.34 bits per heavy atom. The van der Waals surface area contributed by atoms with Crippen molar-refractivity contribution in [3.05, 3.63) is 69.4 Å². The lowest BCUT2D eigenvalue weighted by atomic mass is 10.2. The number of nitrogens with one attached hydrogen (secondary N) is 1. The lowest BCUT2D eigenvalue weighted by Crippen LogP contribution is -2.43. The maximum absolute atomic E-state index is 13.1. The highest BCUT2D eigenvalue weighted by molar-refractivity contribution is 5.91. The van der Waals surface area contributed by atoms with Gasteiger partial charge >= 0.3 is 5.69 Å². The molecule has 7 nitrogen and oxygen atoms in total. The number of carbonyl (C=O) groups is 1. The van der Waals surface area contributed by atoms with Crippen LogP contribution in [-0.4, -0.2) is 29.1 Å². The van der Waals surface area contributed by atoms with Gasteiger partial charge in [0.25, 0.3) is 5.56 Å². The maximum atomic E-state index is 13.1. The van der Waals surface area contributed by atoms with E-state index in [1.807, 2.05) is 57.1 Å². The average Bonchev–Trinajstić information content (AvgIpc) is 2.71. The van der Waals surface area contributed by atoms with Crippen LogP contribution in [0.3, 0.4) is 0 Å². The zero-order valence-corrected chi connectivity index (χ0v) is 17.2. The Labute approximate surface area is 169 Å². The van der Waals surface area contributed by atoms with Crippen molar-refractivity contribution in [2.75, 3.05) is 24.3 Å². The lowest BCUT2D eigenvalue weighted by molar-refractivity contribution is -0.116. The van der Waals surface area contributed by atoms with E-state index >= 15 is 0 Å². The molecule has 1 atom stereocenters. The largest absolute Gasteiger partial charge is 0.378 e. The highest BCUT2D eigenvalue weighted by Gasteiger charge is 2.18. The molecule has 7 heteroatoms. The lowest BCUT2D eigenvalue weighted by Gasteiger charge is -2.17. The number of carbonyl (C=O) groups excluding carboxylic acids is 1. The summed E-state index contributed by atoms with van der Waals surface area (Å²) < 4.78 is 2.61. The van der Waals surface area contributed by atoms with E-state index in [0.29, 0.717) is 23.0 Å². The van der Waals surface area contributed by atoms with Gasteiger partial charge in [-0.2, -0.15) is 0 Å². The summed E-state index contributed by atoms with van der Waals surface area (Å²) >= 11 is 0. The van der Waals surface area contributed by atoms with Crippen LogP contribution < -0.4 is 21.5 Å². The first-order valence-electron chi connectivity index (χ1n) is 9.64. The molecule has 0 fully saturated rings. The van der Waals surface area contributed by atoms with Gasteiger partial charge in [0.1, 0.15) is 6.54 Å². The van der Waals surface area contributed by atoms with E-state index in [9.17, 15) is 14.4 Å². The summed E-state index contributed by atoms with van der Waals surface area (Å²) in [5.41, 5.74) is 1.33. The van der Waals surface area contributed by atoms with Gasteiger partial charge in [0.05, 0.1) is 10.9 Å². The van der Waals surface area contributed by atoms with E-state index in [0.717, 1.165) is 5.69 Å². The molecule has 2 aromatic carbocycles. The highest BCUT2D eigenvalue weighted by Crippen LogP contribution is 2.16. The van der Waals surface area contributed by atoms with Crippen molar-refractivity contribution in [2.24, 2.45) is 0 Å². The molecule has 29 heavy (non-hydrogen) atoms. The van der Waals surface area contributed by atoms with Gasteiger partial charge in [-0.15, -0.1) is 0 Å². The van der Waals surface area contributed by atoms with Gasteiger partial charge in [-0.05, 0) is 49.7 Å². The summed E-state index contributed by atoms with van der Waals surface area (Å²) in [6.07, 6.45) is 0.637. The normalized spacial score (nSPS) is 12.0. The van der Waals surface area contributed by atoms with Crippen molar-refractivity contribution < 1.29 is 4.79 Å². The van der Waals surface area contributed by atoms with Crippen molar-refractivity contribution in [1.82, 2.24) is 9.13 Å². The van der Waals surface area contributed by atoms with Crippen LogP contribution in [0.25, 0.3) is 10.9 Å². The van der Waals surface area contributed by atoms with Crippen molar-refractivity contribution in [3.63, 3.8) is 0 Å². The molecule has 0 bridgehead atoms. The molecule has 0 saturated carbocycles. The van der Waals surface area contributed by atoms with Gasteiger partial charge in [0.2, 0.25) is 5.91 Å². The second-order valence-electron chi connectivity index (χ2n) is 7.31. The van der Waals surface area contributed by atoms with Crippen LogP contribution in [-0.2, 0) is 11.3 Å². The summed E-state index contributed by atoms with van der Waals surface area (Å²) in [5, 5.41) is 3.25. The zero-order valence-electron chi connectivity index (χ0n) is 17.2. The van der Waals surface area contributed by atoms with Crippen LogP contribution in [0, 0.1) is 0 Å². The molecular weight excluding hydrogens is 368 g/mol. The summed E-state index contributed by atoms with van der Waals surface area (Å²) in [4.78, 5) is 40.5. The molecule has 1 heterocycles. The summed E-state index contributed by atoms with van der Waals surface area (Å²) in [7, 11) is 3.88. The molecule has 0 aliphatic rings. The molecule has 0 spiro atoms. The number of rotatable bonds is 6. The molecular formula is C22H26N4O3. The Bertz CT molecular complexity index is 1140. The number of fused-ring (bicyclic) bond motifs is 1. The first kappa shape index (κ1) is 20.4. The van der Waals surface area contributed by atoms with Crippen molar-refractivity contribution in [1.29, 1.82) is 0 Å². The molecule has 0 saturated heterocycles. The van der Waals surface area contributed by atoms with Gasteiger partial charge in [-0.3, -0.25) is 18.7 Å². The molecule has 0 aliphatic heterocycles. The van der Waals surface area contributed by atoms with Crippen LogP contribution >= 0.6 is 0 Å². The van der Waals surface area contributed by atoms with Crippen LogP contribution in [0.4, 0.5) is 11.4 Å². The fourth-order valence-electron chi connectivity index (χ4n) is 3.25. The first-order valence-corrected chi connectivity index (χ1v) is 9.64. The second kappa shape index (κ2) is 8.34. The number of anilines is 2. The van der Waals surface area contributed by atoms with Crippen molar-refractivity contribution in [2.45, 2.75) is 32.9 Å². The van der Waals surface area contributed by atoms with Gasteiger partial charge in [0.15, 0.2) is 0 Å². The minimum atomic E-state index is -0.471. The van der Waals surface area contributed by atoms with E-state index < -0.39 is 5.69 Å². The smallest absolute Gasteiger partial charge is 0.332 e. The van der Waals surface area contributed by atoms with E-state index in [2.05, 4.69) is 5.32 Å². The van der Waals surface area contributed by atoms with Crippen molar-refractivity contribution in [3.8, 4) is 0 Å². The fourth-order valence-corrected chi connectivity index (χ4v) is 3.25. The number of amides is 1. The Balaban J connectivity index is 1.98. The average molecular weight is 394 g/mol. The number of nitrogens with zero attached hydrogens (tertiary/aromatic N) is 3. The van der Waals surface area contributed by atoms with E-state index in [4.69, 9.17) is 0 Å². The Kier molecular flexibility index (Phi) is 5.87. The van der Waals surface area contributed by atoms with Crippen LogP contribution in [0.1, 0.15) is 26.3 Å². The quantitative estimate of drug-likeness (QED) is 0.698. The van der Waals surface area contributed by atoms with Crippen LogP contribution in [0.5, 0.6) is 0 Å². The van der Waals surface area contributed by atoms with E-state index in [1.165, 1.54) is 9.13 Å². The number of hydrogen-bond donors (Lipinski definition) is 1. The predicted octanol–water partition coefficient (Wildman–Crippen LogP) is 2.84. The fraction of sp³-hybridized carbons (Fsp3) is 0.318. The van der Waals surface area contributed by atoms with Crippen LogP contribution in [0.15, 0.2) is 58.1 Å². The summed E-state index contributed by atoms with van der Waals surface area (Å²) in [5.74, 6) is -0.329. The molecule has 0 radical (unpaired) electrons. The molecule has 3 aromatic rings. The Morgan fingerprint density at radius 1 is 1.07 bits per heavy atom. The molecule has 152 valence electrons. The molecule has 3 rings (SSSR count).